The zero-order valence-corrected chi connectivity index (χ0v) is 24.7. The van der Waals surface area contributed by atoms with Gasteiger partial charge in [0, 0.05) is 28.2 Å². The van der Waals surface area contributed by atoms with E-state index in [0.717, 1.165) is 84.1 Å². The summed E-state index contributed by atoms with van der Waals surface area (Å²) in [6.45, 7) is 0. The maximum Gasteiger partial charge on any atom is 0.0715 e. The minimum Gasteiger partial charge on any atom is -0.399 e. The summed E-state index contributed by atoms with van der Waals surface area (Å²) in [5.74, 6) is 0. The molecule has 0 aliphatic carbocycles. The van der Waals surface area contributed by atoms with Gasteiger partial charge in [-0.15, -0.1) is 0 Å². The number of pyridine rings is 1. The molecule has 45 heavy (non-hydrogen) atoms. The van der Waals surface area contributed by atoms with E-state index in [-0.39, 0.29) is 0 Å². The van der Waals surface area contributed by atoms with Crippen LogP contribution in [0.5, 0.6) is 0 Å². The molecule has 0 bridgehead atoms. The molecule has 0 spiro atoms. The number of nitrogens with two attached hydrogens (primary N) is 3. The summed E-state index contributed by atoms with van der Waals surface area (Å²) in [6.07, 6.45) is 0. The van der Waals surface area contributed by atoms with Gasteiger partial charge in [-0.1, -0.05) is 109 Å². The lowest BCUT2D eigenvalue weighted by molar-refractivity contribution is 1.32. The lowest BCUT2D eigenvalue weighted by Crippen LogP contribution is -1.92. The third-order valence-electron chi connectivity index (χ3n) is 8.14. The Balaban J connectivity index is 1.27. The van der Waals surface area contributed by atoms with Crippen molar-refractivity contribution in [3.8, 4) is 67.0 Å². The summed E-state index contributed by atoms with van der Waals surface area (Å²) < 4.78 is 0. The average Bonchev–Trinajstić information content (AvgIpc) is 3.09. The number of benzene rings is 6. The van der Waals surface area contributed by atoms with Gasteiger partial charge in [0.2, 0.25) is 0 Å². The SMILES string of the molecule is Nc1ccc(-c2ccc(-c3cc(-c4ccc(-c5ccc(N)cc5)cc4)nc(-c4ccc(-c5ccc(N)cc5)cc4)c3)cc2)cc1. The fourth-order valence-corrected chi connectivity index (χ4v) is 5.54. The molecule has 1 heterocycles. The fraction of sp³-hybridized carbons (Fsp3) is 0. The molecule has 0 aliphatic rings. The quantitative estimate of drug-likeness (QED) is 0.171. The molecule has 0 saturated carbocycles. The van der Waals surface area contributed by atoms with E-state index in [1.165, 1.54) is 0 Å². The molecular formula is C41H32N4. The molecule has 6 aromatic carbocycles. The van der Waals surface area contributed by atoms with Gasteiger partial charge < -0.3 is 17.2 Å². The van der Waals surface area contributed by atoms with Crippen LogP contribution in [-0.2, 0) is 0 Å². The molecule has 0 atom stereocenters. The van der Waals surface area contributed by atoms with Crippen LogP contribution in [0.3, 0.4) is 0 Å². The molecule has 0 fully saturated rings. The normalized spacial score (nSPS) is 10.9. The Hall–Kier alpha value is -6.13. The van der Waals surface area contributed by atoms with Crippen LogP contribution < -0.4 is 17.2 Å². The molecule has 216 valence electrons. The van der Waals surface area contributed by atoms with Gasteiger partial charge in [0.25, 0.3) is 0 Å². The second-order valence-corrected chi connectivity index (χ2v) is 11.2. The van der Waals surface area contributed by atoms with Crippen LogP contribution in [0.2, 0.25) is 0 Å². The second-order valence-electron chi connectivity index (χ2n) is 11.2. The van der Waals surface area contributed by atoms with Crippen molar-refractivity contribution in [3.63, 3.8) is 0 Å². The van der Waals surface area contributed by atoms with Crippen molar-refractivity contribution in [2.45, 2.75) is 0 Å². The van der Waals surface area contributed by atoms with Crippen molar-refractivity contribution in [2.24, 2.45) is 0 Å². The topological polar surface area (TPSA) is 91.0 Å². The zero-order valence-electron chi connectivity index (χ0n) is 24.7. The molecule has 4 heteroatoms. The number of hydrogen-bond donors (Lipinski definition) is 3. The van der Waals surface area contributed by atoms with Gasteiger partial charge in [0.1, 0.15) is 0 Å². The molecule has 0 aliphatic heterocycles. The number of nitrogen functional groups attached to an aromatic ring is 3. The van der Waals surface area contributed by atoms with Crippen molar-refractivity contribution < 1.29 is 0 Å². The lowest BCUT2D eigenvalue weighted by Gasteiger charge is -2.12. The maximum absolute atomic E-state index is 5.90. The van der Waals surface area contributed by atoms with Crippen molar-refractivity contribution in [3.05, 3.63) is 158 Å². The van der Waals surface area contributed by atoms with Crippen molar-refractivity contribution in [2.75, 3.05) is 17.2 Å². The number of anilines is 3. The van der Waals surface area contributed by atoms with Crippen molar-refractivity contribution in [1.82, 2.24) is 4.98 Å². The Kier molecular flexibility index (Phi) is 7.30. The van der Waals surface area contributed by atoms with Crippen LogP contribution in [0.15, 0.2) is 158 Å². The highest BCUT2D eigenvalue weighted by Gasteiger charge is 2.11. The first-order valence-electron chi connectivity index (χ1n) is 14.9. The number of rotatable bonds is 6. The van der Waals surface area contributed by atoms with Gasteiger partial charge in [-0.05, 0) is 93.0 Å². The molecule has 4 nitrogen and oxygen atoms in total. The fourth-order valence-electron chi connectivity index (χ4n) is 5.54. The second kappa shape index (κ2) is 11.9. The molecule has 6 N–H and O–H groups in total. The van der Waals surface area contributed by atoms with Gasteiger partial charge in [-0.25, -0.2) is 4.98 Å². The highest BCUT2D eigenvalue weighted by molar-refractivity contribution is 5.80. The third kappa shape index (κ3) is 6.03. The van der Waals surface area contributed by atoms with E-state index in [0.29, 0.717) is 0 Å². The Bertz CT molecular complexity index is 1800. The summed E-state index contributed by atoms with van der Waals surface area (Å²) in [6, 6.07) is 53.9. The minimum absolute atomic E-state index is 0.756. The van der Waals surface area contributed by atoms with Gasteiger partial charge in [0.05, 0.1) is 11.4 Å². The van der Waals surface area contributed by atoms with E-state index < -0.39 is 0 Å². The molecule has 0 amide bonds. The first-order valence-corrected chi connectivity index (χ1v) is 14.9. The van der Waals surface area contributed by atoms with E-state index in [1.807, 2.05) is 60.7 Å². The van der Waals surface area contributed by atoms with Gasteiger partial charge in [0.15, 0.2) is 0 Å². The molecular weight excluding hydrogens is 548 g/mol. The largest absolute Gasteiger partial charge is 0.399 e. The Morgan fingerprint density at radius 2 is 0.444 bits per heavy atom. The monoisotopic (exact) mass is 580 g/mol. The first-order chi connectivity index (χ1) is 22.0. The molecule has 0 saturated heterocycles. The van der Waals surface area contributed by atoms with Crippen LogP contribution in [-0.4, -0.2) is 4.98 Å². The Morgan fingerprint density at radius 1 is 0.244 bits per heavy atom. The number of hydrogen-bond acceptors (Lipinski definition) is 4. The zero-order chi connectivity index (χ0) is 30.8. The van der Waals surface area contributed by atoms with Crippen LogP contribution in [0.25, 0.3) is 67.0 Å². The van der Waals surface area contributed by atoms with Gasteiger partial charge in [-0.3, -0.25) is 0 Å². The van der Waals surface area contributed by atoms with Gasteiger partial charge in [-0.2, -0.15) is 0 Å². The minimum atomic E-state index is 0.756. The van der Waals surface area contributed by atoms with E-state index in [2.05, 4.69) is 97.1 Å². The summed E-state index contributed by atoms with van der Waals surface area (Å²) in [5.41, 5.74) is 32.9. The Morgan fingerprint density at radius 3 is 0.711 bits per heavy atom. The smallest absolute Gasteiger partial charge is 0.0715 e. The molecule has 1 aromatic heterocycles. The van der Waals surface area contributed by atoms with Crippen molar-refractivity contribution >= 4 is 17.1 Å². The predicted octanol–water partition coefficient (Wildman–Crippen LogP) is 9.83. The van der Waals surface area contributed by atoms with E-state index in [4.69, 9.17) is 22.2 Å². The summed E-state index contributed by atoms with van der Waals surface area (Å²) in [4.78, 5) is 5.16. The van der Waals surface area contributed by atoms with Crippen molar-refractivity contribution in [1.29, 1.82) is 0 Å². The standard InChI is InChI=1S/C41H32N4/c42-37-19-13-30(14-20-37)27-1-3-33(4-2-27)36-25-40(34-9-5-28(6-10-34)31-15-21-38(43)22-16-31)45-41(26-36)35-11-7-29(8-12-35)32-17-23-39(44)24-18-32/h1-26H,42-44H2. The Labute approximate surface area is 263 Å². The lowest BCUT2D eigenvalue weighted by atomic mass is 9.96. The number of aromatic nitrogens is 1. The molecule has 0 radical (unpaired) electrons. The highest BCUT2D eigenvalue weighted by atomic mass is 14.7. The molecule has 7 aromatic rings. The van der Waals surface area contributed by atoms with E-state index in [9.17, 15) is 0 Å². The molecule has 7 rings (SSSR count). The predicted molar refractivity (Wildman–Crippen MR) is 190 cm³/mol. The van der Waals surface area contributed by atoms with Gasteiger partial charge >= 0.3 is 0 Å². The van der Waals surface area contributed by atoms with E-state index >= 15 is 0 Å². The van der Waals surface area contributed by atoms with E-state index in [1.54, 1.807) is 0 Å². The first kappa shape index (κ1) is 27.7. The van der Waals surface area contributed by atoms with Crippen LogP contribution in [0.4, 0.5) is 17.1 Å². The summed E-state index contributed by atoms with van der Waals surface area (Å²) >= 11 is 0. The van der Waals surface area contributed by atoms with Crippen LogP contribution in [0.1, 0.15) is 0 Å². The third-order valence-corrected chi connectivity index (χ3v) is 8.14. The summed E-state index contributed by atoms with van der Waals surface area (Å²) in [5, 5.41) is 0. The summed E-state index contributed by atoms with van der Waals surface area (Å²) in [7, 11) is 0. The van der Waals surface area contributed by atoms with Crippen LogP contribution in [0, 0.1) is 0 Å². The van der Waals surface area contributed by atoms with Crippen LogP contribution >= 0.6 is 0 Å². The maximum atomic E-state index is 5.90. The highest BCUT2D eigenvalue weighted by Crippen LogP contribution is 2.34. The average molecular weight is 581 g/mol. The molecule has 0 unspecified atom stereocenters. The number of nitrogens with zero attached hydrogens (tertiary/aromatic N) is 1.